The number of aromatic nitrogens is 4. The molecule has 0 fully saturated rings. The van der Waals surface area contributed by atoms with Crippen LogP contribution in [-0.2, 0) is 0 Å². The molecule has 0 spiro atoms. The number of nitrogens with zero attached hydrogens (tertiary/aromatic N) is 4. The number of benzene rings is 4. The molecular weight excluding hydrogens is 569 g/mol. The second-order valence-electron chi connectivity index (χ2n) is 8.83. The molecule has 0 atom stereocenters. The number of rotatable bonds is 2. The van der Waals surface area contributed by atoms with Crippen LogP contribution in [-0.4, -0.2) is 19.9 Å². The molecule has 1 aliphatic heterocycles. The first-order chi connectivity index (χ1) is 19.7. The molecule has 0 unspecified atom stereocenters. The van der Waals surface area contributed by atoms with E-state index in [0.717, 1.165) is 62.5 Å². The molecule has 2 aromatic heterocycles. The minimum Gasteiger partial charge on any atom is -0.221 e. The van der Waals surface area contributed by atoms with Gasteiger partial charge in [-0.25, -0.2) is 19.9 Å². The van der Waals surface area contributed by atoms with E-state index in [2.05, 4.69) is 84.9 Å². The Bertz CT molecular complexity index is 1600. The topological polar surface area (TPSA) is 51.6 Å². The predicted octanol–water partition coefficient (Wildman–Crippen LogP) is 9.52. The van der Waals surface area contributed by atoms with E-state index in [9.17, 15) is 0 Å². The molecule has 1 aliphatic rings. The molecule has 40 heavy (non-hydrogen) atoms. The van der Waals surface area contributed by atoms with Crippen LogP contribution in [0.5, 0.6) is 0 Å². The van der Waals surface area contributed by atoms with Gasteiger partial charge in [0.15, 0.2) is 11.6 Å². The quantitative estimate of drug-likeness (QED) is 0.185. The molecule has 0 amide bonds. The molecular formula is C32H20N4S4. The fourth-order valence-electron chi connectivity index (χ4n) is 4.14. The van der Waals surface area contributed by atoms with Crippen molar-refractivity contribution in [2.75, 3.05) is 0 Å². The Morgan fingerprint density at radius 3 is 0.975 bits per heavy atom. The standard InChI is InChI=1S/C32H20N4S4/c1-3-9-21(10-4-1)31-33-27-19-28(34-31)38-24-14-8-16-26(18-24)40-30-20-29(39-25-15-7-13-23(17-25)37-27)35-32(36-30)22-11-5-2-6-12-22/h1-20H. The van der Waals surface area contributed by atoms with Crippen molar-refractivity contribution in [2.24, 2.45) is 0 Å². The summed E-state index contributed by atoms with van der Waals surface area (Å²) in [7, 11) is 0. The van der Waals surface area contributed by atoms with Crippen LogP contribution in [0.1, 0.15) is 0 Å². The van der Waals surface area contributed by atoms with Gasteiger partial charge in [0.2, 0.25) is 0 Å². The molecule has 6 aromatic rings. The van der Waals surface area contributed by atoms with E-state index in [1.807, 2.05) is 36.4 Å². The Kier molecular flexibility index (Phi) is 7.31. The molecule has 0 saturated heterocycles. The molecule has 4 aromatic carbocycles. The van der Waals surface area contributed by atoms with Gasteiger partial charge >= 0.3 is 0 Å². The third-order valence-electron chi connectivity index (χ3n) is 5.92. The lowest BCUT2D eigenvalue weighted by Gasteiger charge is -2.12. The fourth-order valence-corrected chi connectivity index (χ4v) is 7.94. The molecule has 0 aliphatic carbocycles. The van der Waals surface area contributed by atoms with Gasteiger partial charge in [-0.15, -0.1) is 0 Å². The van der Waals surface area contributed by atoms with Gasteiger partial charge < -0.3 is 0 Å². The lowest BCUT2D eigenvalue weighted by atomic mass is 10.2. The minimum atomic E-state index is 0.724. The van der Waals surface area contributed by atoms with Crippen molar-refractivity contribution in [3.63, 3.8) is 0 Å². The van der Waals surface area contributed by atoms with E-state index in [1.54, 1.807) is 47.0 Å². The first-order valence-corrected chi connectivity index (χ1v) is 15.8. The Balaban J connectivity index is 1.35. The summed E-state index contributed by atoms with van der Waals surface area (Å²) in [5.41, 5.74) is 2.00. The Morgan fingerprint density at radius 2 is 0.650 bits per heavy atom. The summed E-state index contributed by atoms with van der Waals surface area (Å²) in [6.45, 7) is 0. The molecule has 7 rings (SSSR count). The predicted molar refractivity (Wildman–Crippen MR) is 164 cm³/mol. The van der Waals surface area contributed by atoms with Crippen LogP contribution in [0.3, 0.4) is 0 Å². The highest BCUT2D eigenvalue weighted by Crippen LogP contribution is 2.39. The Hall–Kier alpha value is -3.56. The van der Waals surface area contributed by atoms with Gasteiger partial charge in [0.1, 0.15) is 20.1 Å². The van der Waals surface area contributed by atoms with Crippen molar-refractivity contribution in [1.82, 2.24) is 19.9 Å². The summed E-state index contributed by atoms with van der Waals surface area (Å²) >= 11 is 6.58. The average Bonchev–Trinajstić information content (AvgIpc) is 2.98. The lowest BCUT2D eigenvalue weighted by molar-refractivity contribution is 0.971. The van der Waals surface area contributed by atoms with Crippen LogP contribution < -0.4 is 0 Å². The highest BCUT2D eigenvalue weighted by Gasteiger charge is 2.14. The van der Waals surface area contributed by atoms with Crippen LogP contribution in [0.2, 0.25) is 0 Å². The lowest BCUT2D eigenvalue weighted by Crippen LogP contribution is -1.95. The highest BCUT2D eigenvalue weighted by molar-refractivity contribution is 8.01. The van der Waals surface area contributed by atoms with Gasteiger partial charge in [-0.2, -0.15) is 0 Å². The highest BCUT2D eigenvalue weighted by atomic mass is 32.2. The summed E-state index contributed by atoms with van der Waals surface area (Å²) in [5.74, 6) is 1.45. The monoisotopic (exact) mass is 588 g/mol. The molecule has 0 saturated carbocycles. The minimum absolute atomic E-state index is 0.724. The van der Waals surface area contributed by atoms with Gasteiger partial charge in [0.25, 0.3) is 0 Å². The maximum atomic E-state index is 4.93. The summed E-state index contributed by atoms with van der Waals surface area (Å²) in [4.78, 5) is 24.2. The first kappa shape index (κ1) is 25.4. The number of fused-ring (bicyclic) bond motifs is 8. The number of hydrogen-bond acceptors (Lipinski definition) is 8. The van der Waals surface area contributed by atoms with E-state index in [0.29, 0.717) is 0 Å². The van der Waals surface area contributed by atoms with Crippen molar-refractivity contribution in [3.8, 4) is 22.8 Å². The van der Waals surface area contributed by atoms with Gasteiger partial charge in [0, 0.05) is 42.8 Å². The van der Waals surface area contributed by atoms with Crippen molar-refractivity contribution in [1.29, 1.82) is 0 Å². The van der Waals surface area contributed by atoms with Crippen molar-refractivity contribution in [3.05, 3.63) is 121 Å². The molecule has 8 heteroatoms. The molecule has 192 valence electrons. The second-order valence-corrected chi connectivity index (χ2v) is 13.2. The first-order valence-electron chi connectivity index (χ1n) is 12.5. The van der Waals surface area contributed by atoms with Crippen LogP contribution in [0.25, 0.3) is 22.8 Å². The van der Waals surface area contributed by atoms with Crippen molar-refractivity contribution < 1.29 is 0 Å². The van der Waals surface area contributed by atoms with Gasteiger partial charge in [0.05, 0.1) is 0 Å². The van der Waals surface area contributed by atoms with E-state index < -0.39 is 0 Å². The summed E-state index contributed by atoms with van der Waals surface area (Å²) in [6.07, 6.45) is 0. The smallest absolute Gasteiger partial charge is 0.161 e. The van der Waals surface area contributed by atoms with Crippen molar-refractivity contribution in [2.45, 2.75) is 39.7 Å². The van der Waals surface area contributed by atoms with Crippen LogP contribution in [0.15, 0.2) is 161 Å². The Labute approximate surface area is 249 Å². The molecule has 3 heterocycles. The second kappa shape index (κ2) is 11.5. The van der Waals surface area contributed by atoms with Crippen LogP contribution in [0.4, 0.5) is 0 Å². The Morgan fingerprint density at radius 1 is 0.325 bits per heavy atom. The normalized spacial score (nSPS) is 12.6. The summed E-state index contributed by atoms with van der Waals surface area (Å²) in [5, 5.41) is 3.64. The van der Waals surface area contributed by atoms with Crippen LogP contribution >= 0.6 is 47.0 Å². The average molecular weight is 589 g/mol. The zero-order valence-corrected chi connectivity index (χ0v) is 24.2. The molecule has 8 bridgehead atoms. The summed E-state index contributed by atoms with van der Waals surface area (Å²) in [6, 6.07) is 41.5. The van der Waals surface area contributed by atoms with E-state index in [1.165, 1.54) is 0 Å². The third-order valence-corrected chi connectivity index (χ3v) is 9.55. The maximum Gasteiger partial charge on any atom is 0.161 e. The zero-order valence-electron chi connectivity index (χ0n) is 21.0. The molecule has 4 nitrogen and oxygen atoms in total. The molecule has 0 N–H and O–H groups in total. The van der Waals surface area contributed by atoms with E-state index in [4.69, 9.17) is 19.9 Å². The van der Waals surface area contributed by atoms with Crippen LogP contribution in [0, 0.1) is 0 Å². The largest absolute Gasteiger partial charge is 0.221 e. The van der Waals surface area contributed by atoms with Gasteiger partial charge in [-0.05, 0) is 36.4 Å². The van der Waals surface area contributed by atoms with E-state index in [-0.39, 0.29) is 0 Å². The van der Waals surface area contributed by atoms with Gasteiger partial charge in [-0.1, -0.05) is 120 Å². The van der Waals surface area contributed by atoms with Gasteiger partial charge in [-0.3, -0.25) is 0 Å². The zero-order chi connectivity index (χ0) is 26.7. The van der Waals surface area contributed by atoms with E-state index >= 15 is 0 Å². The third kappa shape index (κ3) is 5.95. The van der Waals surface area contributed by atoms with Crippen molar-refractivity contribution >= 4 is 47.0 Å². The maximum absolute atomic E-state index is 4.93. The number of hydrogen-bond donors (Lipinski definition) is 0. The molecule has 0 radical (unpaired) electrons. The summed E-state index contributed by atoms with van der Waals surface area (Å²) < 4.78 is 0. The fraction of sp³-hybridized carbons (Fsp3) is 0. The SMILES string of the molecule is c1ccc(-c2nc3cc(n2)Sc2cccc(c2)Sc2cc(nc(-c4ccccc4)n2)Sc2cccc(c2)S3)cc1.